The molecule has 5 heteroatoms. The maximum absolute atomic E-state index is 12.3. The Kier molecular flexibility index (Phi) is 3.90. The normalized spacial score (nSPS) is 22.1. The second-order valence-corrected chi connectivity index (χ2v) is 6.93. The summed E-state index contributed by atoms with van der Waals surface area (Å²) >= 11 is 0. The van der Waals surface area contributed by atoms with Gasteiger partial charge in [-0.25, -0.2) is 0 Å². The van der Waals surface area contributed by atoms with Crippen molar-refractivity contribution < 1.29 is 13.9 Å². The third kappa shape index (κ3) is 2.85. The molecule has 2 fully saturated rings. The molecule has 1 unspecified atom stereocenters. The standard InChI is InChI=1S/C19H22N2O3/c1-20(10-15-5-3-2-4-6-15)17-9-19(24-12-17)13-21(14-19)18(22)16-7-8-23-11-16/h2-8,11,17H,9-10,12-14H2,1H3. The van der Waals surface area contributed by atoms with Crippen LogP contribution in [-0.4, -0.2) is 54.1 Å². The highest BCUT2D eigenvalue weighted by Crippen LogP contribution is 2.37. The van der Waals surface area contributed by atoms with E-state index in [9.17, 15) is 4.79 Å². The Morgan fingerprint density at radius 1 is 1.29 bits per heavy atom. The maximum atomic E-state index is 12.3. The summed E-state index contributed by atoms with van der Waals surface area (Å²) < 4.78 is 11.1. The van der Waals surface area contributed by atoms with E-state index in [1.807, 2.05) is 11.0 Å². The summed E-state index contributed by atoms with van der Waals surface area (Å²) in [7, 11) is 2.15. The number of likely N-dealkylation sites (tertiary alicyclic amines) is 1. The molecule has 2 aromatic rings. The monoisotopic (exact) mass is 326 g/mol. The number of hydrogen-bond acceptors (Lipinski definition) is 4. The van der Waals surface area contributed by atoms with E-state index in [4.69, 9.17) is 9.15 Å². The zero-order chi connectivity index (χ0) is 16.6. The van der Waals surface area contributed by atoms with Crippen LogP contribution >= 0.6 is 0 Å². The van der Waals surface area contributed by atoms with Gasteiger partial charge in [-0.1, -0.05) is 30.3 Å². The summed E-state index contributed by atoms with van der Waals surface area (Å²) in [5, 5.41) is 0. The molecule has 0 radical (unpaired) electrons. The minimum atomic E-state index is -0.158. The van der Waals surface area contributed by atoms with Crippen LogP contribution in [0.3, 0.4) is 0 Å². The van der Waals surface area contributed by atoms with Gasteiger partial charge in [0.25, 0.3) is 5.91 Å². The zero-order valence-electron chi connectivity index (χ0n) is 13.9. The van der Waals surface area contributed by atoms with Crippen molar-refractivity contribution in [2.45, 2.75) is 24.6 Å². The predicted octanol–water partition coefficient (Wildman–Crippen LogP) is 2.40. The van der Waals surface area contributed by atoms with E-state index in [1.54, 1.807) is 6.07 Å². The van der Waals surface area contributed by atoms with Gasteiger partial charge in [0.05, 0.1) is 31.5 Å². The number of carbonyl (C=O) groups excluding carboxylic acids is 1. The summed E-state index contributed by atoms with van der Waals surface area (Å²) in [4.78, 5) is 16.5. The molecule has 0 aliphatic carbocycles. The summed E-state index contributed by atoms with van der Waals surface area (Å²) in [6.45, 7) is 3.00. The first-order valence-electron chi connectivity index (χ1n) is 8.35. The van der Waals surface area contributed by atoms with Gasteiger partial charge in [0.1, 0.15) is 11.9 Å². The lowest BCUT2D eigenvalue weighted by molar-refractivity contribution is -0.0950. The van der Waals surface area contributed by atoms with Gasteiger partial charge in [-0.15, -0.1) is 0 Å². The lowest BCUT2D eigenvalue weighted by Crippen LogP contribution is -2.63. The molecule has 1 amide bonds. The Hall–Kier alpha value is -2.11. The van der Waals surface area contributed by atoms with E-state index >= 15 is 0 Å². The molecule has 126 valence electrons. The minimum absolute atomic E-state index is 0.0269. The number of nitrogens with zero attached hydrogens (tertiary/aromatic N) is 2. The third-order valence-electron chi connectivity index (χ3n) is 5.10. The fraction of sp³-hybridized carbons (Fsp3) is 0.421. The number of benzene rings is 1. The molecule has 5 nitrogen and oxygen atoms in total. The van der Waals surface area contributed by atoms with E-state index in [-0.39, 0.29) is 11.5 Å². The topological polar surface area (TPSA) is 45.9 Å². The average molecular weight is 326 g/mol. The Morgan fingerprint density at radius 3 is 2.79 bits per heavy atom. The van der Waals surface area contributed by atoms with Crippen molar-refractivity contribution in [2.24, 2.45) is 0 Å². The maximum Gasteiger partial charge on any atom is 0.257 e. The van der Waals surface area contributed by atoms with Crippen molar-refractivity contribution >= 4 is 5.91 Å². The number of carbonyl (C=O) groups is 1. The van der Waals surface area contributed by atoms with Gasteiger partial charge in [0, 0.05) is 12.6 Å². The van der Waals surface area contributed by atoms with Crippen molar-refractivity contribution in [3.05, 3.63) is 60.1 Å². The van der Waals surface area contributed by atoms with Gasteiger partial charge in [-0.3, -0.25) is 9.69 Å². The van der Waals surface area contributed by atoms with Crippen LogP contribution in [0, 0.1) is 0 Å². The van der Waals surface area contributed by atoms with Crippen molar-refractivity contribution in [2.75, 3.05) is 26.7 Å². The largest absolute Gasteiger partial charge is 0.472 e. The highest BCUT2D eigenvalue weighted by Gasteiger charge is 2.52. The van der Waals surface area contributed by atoms with Gasteiger partial charge in [0.2, 0.25) is 0 Å². The van der Waals surface area contributed by atoms with Gasteiger partial charge in [-0.05, 0) is 25.1 Å². The number of likely N-dealkylation sites (N-methyl/N-ethyl adjacent to an activating group) is 1. The van der Waals surface area contributed by atoms with E-state index < -0.39 is 0 Å². The number of rotatable bonds is 4. The molecule has 0 bridgehead atoms. The molecular formula is C19H22N2O3. The van der Waals surface area contributed by atoms with Gasteiger partial charge < -0.3 is 14.1 Å². The van der Waals surface area contributed by atoms with Crippen molar-refractivity contribution in [3.63, 3.8) is 0 Å². The first kappa shape index (κ1) is 15.4. The number of hydrogen-bond donors (Lipinski definition) is 0. The third-order valence-corrected chi connectivity index (χ3v) is 5.10. The Balaban J connectivity index is 1.32. The fourth-order valence-corrected chi connectivity index (χ4v) is 3.69. The zero-order valence-corrected chi connectivity index (χ0v) is 13.9. The van der Waals surface area contributed by atoms with E-state index in [2.05, 4.69) is 36.2 Å². The fourth-order valence-electron chi connectivity index (χ4n) is 3.69. The van der Waals surface area contributed by atoms with Crippen LogP contribution in [0.1, 0.15) is 22.3 Å². The molecular weight excluding hydrogens is 304 g/mol. The Bertz CT molecular complexity index is 693. The van der Waals surface area contributed by atoms with Crippen LogP contribution < -0.4 is 0 Å². The quantitative estimate of drug-likeness (QED) is 0.865. The SMILES string of the molecule is CN(Cc1ccccc1)C1COC2(C1)CN(C(=O)c1ccoc1)C2. The van der Waals surface area contributed by atoms with Crippen LogP contribution in [0.4, 0.5) is 0 Å². The second kappa shape index (κ2) is 6.07. The molecule has 0 N–H and O–H groups in total. The smallest absolute Gasteiger partial charge is 0.257 e. The molecule has 1 atom stereocenters. The number of furan rings is 1. The summed E-state index contributed by atoms with van der Waals surface area (Å²) in [5.74, 6) is 0.0269. The van der Waals surface area contributed by atoms with Crippen LogP contribution in [0.5, 0.6) is 0 Å². The summed E-state index contributed by atoms with van der Waals surface area (Å²) in [6.07, 6.45) is 4.01. The van der Waals surface area contributed by atoms with Crippen LogP contribution in [0.25, 0.3) is 0 Å². The first-order valence-corrected chi connectivity index (χ1v) is 8.35. The van der Waals surface area contributed by atoms with Crippen molar-refractivity contribution in [3.8, 4) is 0 Å². The van der Waals surface area contributed by atoms with Gasteiger partial charge in [0.15, 0.2) is 0 Å². The minimum Gasteiger partial charge on any atom is -0.472 e. The molecule has 1 spiro atoms. The Labute approximate surface area is 141 Å². The van der Waals surface area contributed by atoms with Crippen LogP contribution in [-0.2, 0) is 11.3 Å². The predicted molar refractivity (Wildman–Crippen MR) is 89.6 cm³/mol. The highest BCUT2D eigenvalue weighted by molar-refractivity contribution is 5.94. The van der Waals surface area contributed by atoms with E-state index in [0.717, 1.165) is 19.6 Å². The molecule has 1 aromatic carbocycles. The molecule has 4 rings (SSSR count). The van der Waals surface area contributed by atoms with Crippen molar-refractivity contribution in [1.82, 2.24) is 9.80 Å². The van der Waals surface area contributed by atoms with Gasteiger partial charge >= 0.3 is 0 Å². The molecule has 2 aliphatic heterocycles. The van der Waals surface area contributed by atoms with Crippen LogP contribution in [0.2, 0.25) is 0 Å². The summed E-state index contributed by atoms with van der Waals surface area (Å²) in [5.41, 5.74) is 1.77. The number of amides is 1. The summed E-state index contributed by atoms with van der Waals surface area (Å²) in [6, 6.07) is 12.6. The van der Waals surface area contributed by atoms with E-state index in [0.29, 0.717) is 24.7 Å². The first-order chi connectivity index (χ1) is 11.7. The Morgan fingerprint density at radius 2 is 2.08 bits per heavy atom. The molecule has 1 aromatic heterocycles. The van der Waals surface area contributed by atoms with Crippen LogP contribution in [0.15, 0.2) is 53.3 Å². The van der Waals surface area contributed by atoms with Crippen molar-refractivity contribution in [1.29, 1.82) is 0 Å². The average Bonchev–Trinajstić information content (AvgIpc) is 3.24. The molecule has 2 aliphatic rings. The van der Waals surface area contributed by atoms with Gasteiger partial charge in [-0.2, -0.15) is 0 Å². The van der Waals surface area contributed by atoms with E-state index in [1.165, 1.54) is 18.1 Å². The number of ether oxygens (including phenoxy) is 1. The highest BCUT2D eigenvalue weighted by atomic mass is 16.5. The molecule has 2 saturated heterocycles. The lowest BCUT2D eigenvalue weighted by Gasteiger charge is -2.47. The molecule has 24 heavy (non-hydrogen) atoms. The molecule has 0 saturated carbocycles. The molecule has 3 heterocycles. The second-order valence-electron chi connectivity index (χ2n) is 6.93. The lowest BCUT2D eigenvalue weighted by atomic mass is 9.88.